The second-order valence-electron chi connectivity index (χ2n) is 4.30. The fourth-order valence-electron chi connectivity index (χ4n) is 2.28. The van der Waals surface area contributed by atoms with Crippen LogP contribution in [0.2, 0.25) is 0 Å². The van der Waals surface area contributed by atoms with Crippen LogP contribution in [0.25, 0.3) is 0 Å². The molecule has 0 amide bonds. The zero-order valence-corrected chi connectivity index (χ0v) is 13.8. The molecule has 1 aromatic rings. The fourth-order valence-corrected chi connectivity index (χ4v) is 6.68. The molecule has 0 bridgehead atoms. The Morgan fingerprint density at radius 3 is 2.89 bits per heavy atom. The van der Waals surface area contributed by atoms with Gasteiger partial charge in [0.1, 0.15) is 4.21 Å². The summed E-state index contributed by atoms with van der Waals surface area (Å²) in [5.74, 6) is 0.502. The highest BCUT2D eigenvalue weighted by molar-refractivity contribution is 9.10. The van der Waals surface area contributed by atoms with Gasteiger partial charge in [-0.05, 0) is 46.6 Å². The maximum atomic E-state index is 12.6. The van der Waals surface area contributed by atoms with Gasteiger partial charge >= 0.3 is 0 Å². The lowest BCUT2D eigenvalue weighted by Crippen LogP contribution is -2.43. The lowest BCUT2D eigenvalue weighted by molar-refractivity contribution is 0.248. The predicted octanol–water partition coefficient (Wildman–Crippen LogP) is 3.68. The van der Waals surface area contributed by atoms with E-state index in [-0.39, 0.29) is 6.04 Å². The average molecular weight is 373 g/mol. The Labute approximate surface area is 125 Å². The van der Waals surface area contributed by atoms with Gasteiger partial charge in [-0.25, -0.2) is 8.42 Å². The number of piperidine rings is 1. The molecule has 1 aromatic heterocycles. The maximum Gasteiger partial charge on any atom is 0.253 e. The molecule has 2 rings (SSSR count). The highest BCUT2D eigenvalue weighted by atomic mass is 79.9. The average Bonchev–Trinajstić information content (AvgIpc) is 2.77. The first kappa shape index (κ1) is 14.8. The van der Waals surface area contributed by atoms with E-state index in [0.29, 0.717) is 21.1 Å². The smallest absolute Gasteiger partial charge is 0.206 e. The Bertz CT molecular complexity index is 501. The number of sulfonamides is 1. The molecule has 102 valence electrons. The Kier molecular flexibility index (Phi) is 5.11. The van der Waals surface area contributed by atoms with Crippen molar-refractivity contribution in [3.8, 4) is 0 Å². The summed E-state index contributed by atoms with van der Waals surface area (Å²) >= 11 is 10.3. The van der Waals surface area contributed by atoms with Crippen molar-refractivity contribution in [3.05, 3.63) is 15.9 Å². The number of thiophene rings is 1. The molecular weight excluding hydrogens is 358 g/mol. The summed E-state index contributed by atoms with van der Waals surface area (Å²) in [6.07, 6.45) is 3.65. The number of rotatable bonds is 4. The molecule has 0 aliphatic carbocycles. The van der Waals surface area contributed by atoms with Crippen LogP contribution in [0, 0.1) is 0 Å². The van der Waals surface area contributed by atoms with E-state index in [2.05, 4.69) is 15.9 Å². The van der Waals surface area contributed by atoms with Gasteiger partial charge in [0.25, 0.3) is 10.0 Å². The van der Waals surface area contributed by atoms with E-state index in [9.17, 15) is 8.42 Å². The van der Waals surface area contributed by atoms with Gasteiger partial charge in [0, 0.05) is 22.9 Å². The summed E-state index contributed by atoms with van der Waals surface area (Å²) in [6, 6.07) is 1.83. The molecule has 1 aliphatic rings. The van der Waals surface area contributed by atoms with Crippen molar-refractivity contribution in [3.63, 3.8) is 0 Å². The number of hydrogen-bond donors (Lipinski definition) is 0. The van der Waals surface area contributed by atoms with Crippen molar-refractivity contribution < 1.29 is 8.42 Å². The summed E-state index contributed by atoms with van der Waals surface area (Å²) in [5.41, 5.74) is 0. The van der Waals surface area contributed by atoms with Gasteiger partial charge in [-0.1, -0.05) is 6.42 Å². The zero-order chi connectivity index (χ0) is 13.2. The van der Waals surface area contributed by atoms with Crippen LogP contribution in [0.3, 0.4) is 0 Å². The van der Waals surface area contributed by atoms with Crippen molar-refractivity contribution >= 4 is 48.9 Å². The molecule has 1 fully saturated rings. The van der Waals surface area contributed by atoms with Crippen LogP contribution in [0.4, 0.5) is 0 Å². The third kappa shape index (κ3) is 2.93. The summed E-state index contributed by atoms with van der Waals surface area (Å²) in [5, 5.41) is 1.79. The molecule has 1 aliphatic heterocycles. The SMILES string of the molecule is O=S(=O)(c1sccc1Br)N1CCCCC1CCCl. The van der Waals surface area contributed by atoms with Gasteiger partial charge in [-0.15, -0.1) is 22.9 Å². The lowest BCUT2D eigenvalue weighted by Gasteiger charge is -2.34. The summed E-state index contributed by atoms with van der Waals surface area (Å²) < 4.78 is 27.9. The Balaban J connectivity index is 2.30. The Morgan fingerprint density at radius 2 is 2.28 bits per heavy atom. The predicted molar refractivity (Wildman–Crippen MR) is 78.9 cm³/mol. The minimum absolute atomic E-state index is 0.0512. The van der Waals surface area contributed by atoms with E-state index >= 15 is 0 Å². The molecule has 1 atom stereocenters. The van der Waals surface area contributed by atoms with Crippen LogP contribution >= 0.6 is 38.9 Å². The van der Waals surface area contributed by atoms with Crippen LogP contribution in [0.15, 0.2) is 20.1 Å². The Morgan fingerprint density at radius 1 is 1.50 bits per heavy atom. The minimum Gasteiger partial charge on any atom is -0.206 e. The van der Waals surface area contributed by atoms with Crippen LogP contribution in [0.5, 0.6) is 0 Å². The molecule has 7 heteroatoms. The summed E-state index contributed by atoms with van der Waals surface area (Å²) in [6.45, 7) is 0.605. The number of nitrogens with zero attached hydrogens (tertiary/aromatic N) is 1. The first-order valence-electron chi connectivity index (χ1n) is 5.88. The minimum atomic E-state index is -3.37. The van der Waals surface area contributed by atoms with Gasteiger partial charge < -0.3 is 0 Å². The molecule has 1 saturated heterocycles. The fraction of sp³-hybridized carbons (Fsp3) is 0.636. The third-order valence-electron chi connectivity index (χ3n) is 3.14. The standard InChI is InChI=1S/C11H15BrClNO2S2/c12-10-5-8-17-11(10)18(15,16)14-7-2-1-3-9(14)4-6-13/h5,8-9H,1-4,6-7H2. The quantitative estimate of drug-likeness (QED) is 0.756. The van der Waals surface area contributed by atoms with Gasteiger partial charge in [-0.2, -0.15) is 4.31 Å². The molecule has 0 aromatic carbocycles. The molecule has 0 N–H and O–H groups in total. The van der Waals surface area contributed by atoms with Gasteiger partial charge in [0.15, 0.2) is 0 Å². The van der Waals surface area contributed by atoms with E-state index in [4.69, 9.17) is 11.6 Å². The largest absolute Gasteiger partial charge is 0.253 e. The van der Waals surface area contributed by atoms with Crippen LogP contribution < -0.4 is 0 Å². The maximum absolute atomic E-state index is 12.6. The van der Waals surface area contributed by atoms with E-state index in [1.54, 1.807) is 15.8 Å². The monoisotopic (exact) mass is 371 g/mol. The second-order valence-corrected chi connectivity index (χ2v) is 8.53. The van der Waals surface area contributed by atoms with Crippen molar-refractivity contribution in [2.75, 3.05) is 12.4 Å². The topological polar surface area (TPSA) is 37.4 Å². The van der Waals surface area contributed by atoms with Crippen molar-refractivity contribution in [1.29, 1.82) is 0 Å². The van der Waals surface area contributed by atoms with E-state index in [1.165, 1.54) is 11.3 Å². The first-order valence-corrected chi connectivity index (χ1v) is 9.53. The molecule has 3 nitrogen and oxygen atoms in total. The van der Waals surface area contributed by atoms with Crippen molar-refractivity contribution in [1.82, 2.24) is 4.31 Å². The number of alkyl halides is 1. The molecule has 0 radical (unpaired) electrons. The molecule has 0 saturated carbocycles. The summed E-state index contributed by atoms with van der Waals surface area (Å²) in [7, 11) is -3.37. The molecule has 2 heterocycles. The normalized spacial score (nSPS) is 22.2. The lowest BCUT2D eigenvalue weighted by atomic mass is 10.0. The van der Waals surface area contributed by atoms with Gasteiger partial charge in [0.05, 0.1) is 0 Å². The highest BCUT2D eigenvalue weighted by Crippen LogP contribution is 2.34. The van der Waals surface area contributed by atoms with Crippen molar-refractivity contribution in [2.24, 2.45) is 0 Å². The first-order chi connectivity index (χ1) is 8.57. The van der Waals surface area contributed by atoms with Crippen LogP contribution in [-0.2, 0) is 10.0 Å². The number of halogens is 2. The van der Waals surface area contributed by atoms with E-state index in [0.717, 1.165) is 25.7 Å². The third-order valence-corrected chi connectivity index (χ3v) is 7.96. The van der Waals surface area contributed by atoms with Gasteiger partial charge in [0.2, 0.25) is 0 Å². The Hall–Kier alpha value is 0.380. The highest BCUT2D eigenvalue weighted by Gasteiger charge is 2.34. The molecule has 0 spiro atoms. The van der Waals surface area contributed by atoms with E-state index < -0.39 is 10.0 Å². The molecular formula is C11H15BrClNO2S2. The van der Waals surface area contributed by atoms with Crippen LogP contribution in [-0.4, -0.2) is 31.2 Å². The van der Waals surface area contributed by atoms with Gasteiger partial charge in [-0.3, -0.25) is 0 Å². The molecule has 1 unspecified atom stereocenters. The zero-order valence-electron chi connectivity index (χ0n) is 9.81. The van der Waals surface area contributed by atoms with Crippen molar-refractivity contribution in [2.45, 2.75) is 35.9 Å². The number of hydrogen-bond acceptors (Lipinski definition) is 3. The second kappa shape index (κ2) is 6.22. The summed E-state index contributed by atoms with van der Waals surface area (Å²) in [4.78, 5) is 0. The molecule has 18 heavy (non-hydrogen) atoms. The van der Waals surface area contributed by atoms with Crippen LogP contribution in [0.1, 0.15) is 25.7 Å². The van der Waals surface area contributed by atoms with E-state index in [1.807, 2.05) is 0 Å².